The summed E-state index contributed by atoms with van der Waals surface area (Å²) in [5, 5.41) is 3.40. The summed E-state index contributed by atoms with van der Waals surface area (Å²) in [6.45, 7) is 2.62. The van der Waals surface area contributed by atoms with Gasteiger partial charge in [0.25, 0.3) is 0 Å². The molecule has 1 N–H and O–H groups in total. The highest BCUT2D eigenvalue weighted by atomic mass is 19.1. The van der Waals surface area contributed by atoms with Crippen LogP contribution in [0, 0.1) is 5.82 Å². The highest BCUT2D eigenvalue weighted by Gasteiger charge is 2.10. The third-order valence-electron chi connectivity index (χ3n) is 3.41. The van der Waals surface area contributed by atoms with E-state index in [1.807, 2.05) is 18.2 Å². The summed E-state index contributed by atoms with van der Waals surface area (Å²) in [7, 11) is 1.54. The molecule has 0 radical (unpaired) electrons. The van der Waals surface area contributed by atoms with E-state index >= 15 is 0 Å². The van der Waals surface area contributed by atoms with Crippen molar-refractivity contribution in [1.29, 1.82) is 0 Å². The van der Waals surface area contributed by atoms with Gasteiger partial charge >= 0.3 is 0 Å². The Morgan fingerprint density at radius 3 is 2.50 bits per heavy atom. The van der Waals surface area contributed by atoms with Gasteiger partial charge < -0.3 is 10.1 Å². The van der Waals surface area contributed by atoms with Crippen LogP contribution in [-0.2, 0) is 6.54 Å². The molecule has 0 spiro atoms. The Bertz CT molecular complexity index is 542. The Morgan fingerprint density at radius 1 is 1.15 bits per heavy atom. The Morgan fingerprint density at radius 2 is 1.90 bits per heavy atom. The molecule has 1 unspecified atom stereocenters. The third-order valence-corrected chi connectivity index (χ3v) is 3.41. The van der Waals surface area contributed by atoms with Gasteiger partial charge in [-0.15, -0.1) is 0 Å². The molecular weight excluding hydrogens is 253 g/mol. The van der Waals surface area contributed by atoms with Gasteiger partial charge in [-0.2, -0.15) is 0 Å². The zero-order chi connectivity index (χ0) is 14.4. The van der Waals surface area contributed by atoms with Crippen LogP contribution >= 0.6 is 0 Å². The predicted molar refractivity (Wildman–Crippen MR) is 79.3 cm³/mol. The van der Waals surface area contributed by atoms with Crippen LogP contribution in [0.3, 0.4) is 0 Å². The van der Waals surface area contributed by atoms with Crippen LogP contribution in [0.4, 0.5) is 4.39 Å². The van der Waals surface area contributed by atoms with Crippen molar-refractivity contribution in [3.63, 3.8) is 0 Å². The molecule has 106 valence electrons. The molecule has 0 bridgehead atoms. The number of rotatable bonds is 6. The van der Waals surface area contributed by atoms with Gasteiger partial charge in [0, 0.05) is 24.2 Å². The number of methoxy groups -OCH3 is 1. The van der Waals surface area contributed by atoms with Gasteiger partial charge in [-0.1, -0.05) is 43.3 Å². The molecular formula is C17H20FNO. The van der Waals surface area contributed by atoms with E-state index in [9.17, 15) is 4.39 Å². The second-order valence-corrected chi connectivity index (χ2v) is 4.71. The third kappa shape index (κ3) is 3.58. The van der Waals surface area contributed by atoms with Gasteiger partial charge in [-0.05, 0) is 18.1 Å². The van der Waals surface area contributed by atoms with Crippen LogP contribution in [-0.4, -0.2) is 7.11 Å². The summed E-state index contributed by atoms with van der Waals surface area (Å²) in [5.41, 5.74) is 1.88. The first-order chi connectivity index (χ1) is 9.74. The van der Waals surface area contributed by atoms with E-state index in [1.54, 1.807) is 12.1 Å². The van der Waals surface area contributed by atoms with Crippen LogP contribution in [0.1, 0.15) is 30.5 Å². The number of benzene rings is 2. The smallest absolute Gasteiger partial charge is 0.131 e. The minimum absolute atomic E-state index is 0.234. The van der Waals surface area contributed by atoms with Crippen LogP contribution in [0.2, 0.25) is 0 Å². The highest BCUT2D eigenvalue weighted by molar-refractivity contribution is 5.29. The fourth-order valence-electron chi connectivity index (χ4n) is 2.21. The maximum absolute atomic E-state index is 13.9. The first kappa shape index (κ1) is 14.5. The summed E-state index contributed by atoms with van der Waals surface area (Å²) in [4.78, 5) is 0. The van der Waals surface area contributed by atoms with E-state index in [0.717, 1.165) is 6.42 Å². The molecule has 0 heterocycles. The minimum atomic E-state index is -0.236. The molecule has 0 fully saturated rings. The zero-order valence-electron chi connectivity index (χ0n) is 11.9. The average molecular weight is 273 g/mol. The van der Waals surface area contributed by atoms with Gasteiger partial charge in [0.1, 0.15) is 11.6 Å². The lowest BCUT2D eigenvalue weighted by molar-refractivity contribution is 0.410. The molecule has 0 amide bonds. The molecule has 2 nitrogen and oxygen atoms in total. The second-order valence-electron chi connectivity index (χ2n) is 4.71. The molecule has 0 saturated heterocycles. The molecule has 0 aliphatic heterocycles. The van der Waals surface area contributed by atoms with Gasteiger partial charge in [0.15, 0.2) is 0 Å². The number of nitrogens with one attached hydrogen (secondary N) is 1. The van der Waals surface area contributed by atoms with Crippen LogP contribution < -0.4 is 10.1 Å². The molecule has 3 heteroatoms. The van der Waals surface area contributed by atoms with E-state index in [0.29, 0.717) is 17.9 Å². The summed E-state index contributed by atoms with van der Waals surface area (Å²) >= 11 is 0. The Kier molecular flexibility index (Phi) is 5.13. The van der Waals surface area contributed by atoms with Crippen LogP contribution in [0.15, 0.2) is 48.5 Å². The standard InChI is InChI=1S/C17H20FNO/c1-3-17(13-7-5-4-6-8-13)19-12-14-9-10-15(20-2)11-16(14)18/h4-11,17,19H,3,12H2,1-2H3. The van der Waals surface area contributed by atoms with Crippen molar-refractivity contribution < 1.29 is 9.13 Å². The van der Waals surface area contributed by atoms with Crippen molar-refractivity contribution >= 4 is 0 Å². The van der Waals surface area contributed by atoms with Crippen molar-refractivity contribution in [2.45, 2.75) is 25.9 Å². The highest BCUT2D eigenvalue weighted by Crippen LogP contribution is 2.19. The van der Waals surface area contributed by atoms with Crippen molar-refractivity contribution in [2.24, 2.45) is 0 Å². The summed E-state index contributed by atoms with van der Waals surface area (Å²) in [6.07, 6.45) is 0.960. The molecule has 0 aliphatic carbocycles. The Balaban J connectivity index is 2.03. The molecule has 2 rings (SSSR count). The SMILES string of the molecule is CCC(NCc1ccc(OC)cc1F)c1ccccc1. The van der Waals surface area contributed by atoms with Crippen molar-refractivity contribution in [3.8, 4) is 5.75 Å². The summed E-state index contributed by atoms with van der Waals surface area (Å²) < 4.78 is 18.9. The molecule has 0 aliphatic rings. The molecule has 2 aromatic carbocycles. The lowest BCUT2D eigenvalue weighted by Crippen LogP contribution is -2.20. The van der Waals surface area contributed by atoms with Gasteiger partial charge in [0.2, 0.25) is 0 Å². The topological polar surface area (TPSA) is 21.3 Å². The average Bonchev–Trinajstić information content (AvgIpc) is 2.50. The van der Waals surface area contributed by atoms with E-state index in [-0.39, 0.29) is 11.9 Å². The second kappa shape index (κ2) is 7.06. The van der Waals surface area contributed by atoms with Crippen molar-refractivity contribution in [3.05, 3.63) is 65.5 Å². The lowest BCUT2D eigenvalue weighted by atomic mass is 10.0. The van der Waals surface area contributed by atoms with E-state index in [1.165, 1.54) is 18.7 Å². The number of hydrogen-bond acceptors (Lipinski definition) is 2. The largest absolute Gasteiger partial charge is 0.497 e. The molecule has 1 atom stereocenters. The fraction of sp³-hybridized carbons (Fsp3) is 0.294. The fourth-order valence-corrected chi connectivity index (χ4v) is 2.21. The lowest BCUT2D eigenvalue weighted by Gasteiger charge is -2.18. The van der Waals surface area contributed by atoms with E-state index in [2.05, 4.69) is 24.4 Å². The predicted octanol–water partition coefficient (Wildman–Crippen LogP) is 4.08. The van der Waals surface area contributed by atoms with Gasteiger partial charge in [0.05, 0.1) is 7.11 Å². The maximum Gasteiger partial charge on any atom is 0.131 e. The minimum Gasteiger partial charge on any atom is -0.497 e. The zero-order valence-corrected chi connectivity index (χ0v) is 11.9. The quantitative estimate of drug-likeness (QED) is 0.856. The first-order valence-electron chi connectivity index (χ1n) is 6.85. The first-order valence-corrected chi connectivity index (χ1v) is 6.85. The number of ether oxygens (including phenoxy) is 1. The normalized spacial score (nSPS) is 12.2. The number of halogens is 1. The molecule has 2 aromatic rings. The monoisotopic (exact) mass is 273 g/mol. The molecule has 0 aromatic heterocycles. The van der Waals surface area contributed by atoms with Crippen molar-refractivity contribution in [2.75, 3.05) is 7.11 Å². The summed E-state index contributed by atoms with van der Waals surface area (Å²) in [5.74, 6) is 0.307. The molecule has 20 heavy (non-hydrogen) atoms. The van der Waals surface area contributed by atoms with E-state index < -0.39 is 0 Å². The van der Waals surface area contributed by atoms with Crippen LogP contribution in [0.5, 0.6) is 5.75 Å². The van der Waals surface area contributed by atoms with E-state index in [4.69, 9.17) is 4.74 Å². The molecule has 0 saturated carbocycles. The maximum atomic E-state index is 13.9. The van der Waals surface area contributed by atoms with Crippen molar-refractivity contribution in [1.82, 2.24) is 5.32 Å². The number of hydrogen-bond donors (Lipinski definition) is 1. The Hall–Kier alpha value is -1.87. The summed E-state index contributed by atoms with van der Waals surface area (Å²) in [6, 6.07) is 15.4. The van der Waals surface area contributed by atoms with Crippen LogP contribution in [0.25, 0.3) is 0 Å². The van der Waals surface area contributed by atoms with Gasteiger partial charge in [-0.25, -0.2) is 4.39 Å². The van der Waals surface area contributed by atoms with Gasteiger partial charge in [-0.3, -0.25) is 0 Å². The Labute approximate surface area is 119 Å².